The second kappa shape index (κ2) is 13.9. The molecule has 1 unspecified atom stereocenters. The van der Waals surface area contributed by atoms with E-state index in [-0.39, 0.29) is 33.1 Å². The number of carbonyl (C=O) groups excluding carboxylic acids is 1. The summed E-state index contributed by atoms with van der Waals surface area (Å²) in [6.45, 7) is 8.21. The van der Waals surface area contributed by atoms with Crippen LogP contribution in [0.25, 0.3) is 22.2 Å². The Morgan fingerprint density at radius 3 is 2.49 bits per heavy atom. The second-order valence-electron chi connectivity index (χ2n) is 10.7. The largest absolute Gasteiger partial charge is 0.495 e. The van der Waals surface area contributed by atoms with Gasteiger partial charge in [-0.1, -0.05) is 29.8 Å². The van der Waals surface area contributed by atoms with Crippen molar-refractivity contribution in [2.45, 2.75) is 31.8 Å². The van der Waals surface area contributed by atoms with Crippen LogP contribution in [-0.4, -0.2) is 85.0 Å². The molecule has 2 fully saturated rings. The number of piperidine rings is 1. The van der Waals surface area contributed by atoms with E-state index in [0.29, 0.717) is 66.2 Å². The molecule has 5 rings (SSSR count). The lowest BCUT2D eigenvalue weighted by Crippen LogP contribution is -2.45. The Hall–Kier alpha value is -3.38. The number of anilines is 1. The molecule has 0 aliphatic carbocycles. The summed E-state index contributed by atoms with van der Waals surface area (Å²) < 4.78 is 18.0. The molecule has 2 aliphatic heterocycles. The predicted molar refractivity (Wildman–Crippen MR) is 168 cm³/mol. The Bertz CT molecular complexity index is 1520. The monoisotopic (exact) mass is 630 g/mol. The van der Waals surface area contributed by atoms with E-state index in [1.165, 1.54) is 20.3 Å². The lowest BCUT2D eigenvalue weighted by Gasteiger charge is -2.32. The van der Waals surface area contributed by atoms with E-state index < -0.39 is 0 Å². The van der Waals surface area contributed by atoms with Crippen LogP contribution in [0.4, 0.5) is 5.95 Å². The summed E-state index contributed by atoms with van der Waals surface area (Å²) in [5, 5.41) is 7.35. The maximum Gasteiger partial charge on any atom is 0.260 e. The fourth-order valence-corrected chi connectivity index (χ4v) is 6.24. The first-order valence-electron chi connectivity index (χ1n) is 14.3. The van der Waals surface area contributed by atoms with Crippen molar-refractivity contribution < 1.29 is 19.0 Å². The number of amides is 1. The van der Waals surface area contributed by atoms with E-state index in [1.807, 2.05) is 0 Å². The molecule has 2 aliphatic rings. The Morgan fingerprint density at radius 1 is 1.14 bits per heavy atom. The van der Waals surface area contributed by atoms with Gasteiger partial charge in [0.15, 0.2) is 0 Å². The van der Waals surface area contributed by atoms with Crippen molar-refractivity contribution in [2.75, 3.05) is 58.9 Å². The van der Waals surface area contributed by atoms with Crippen molar-refractivity contribution in [3.8, 4) is 22.6 Å². The standard InChI is InChI=1S/C30H36Cl2N6O5/c1-4-24(39)35-20-5-8-37(9-6-20)10-11-38-28-19(16-34-30(36-28)33-15-18-7-12-43-17-18)13-21(29(38)40)25-26(31)22(41-2)14-23(42-3)27(25)32/h4,13-14,16,18,20H,1,5-12,15,17H2,2-3H3,(H,35,39)(H,33,34,36). The van der Waals surface area contributed by atoms with Gasteiger partial charge in [-0.15, -0.1) is 0 Å². The zero-order chi connectivity index (χ0) is 30.5. The number of hydrogen-bond acceptors (Lipinski definition) is 9. The first-order chi connectivity index (χ1) is 20.8. The Labute approximate surface area is 260 Å². The maximum absolute atomic E-state index is 14.2. The van der Waals surface area contributed by atoms with E-state index in [4.69, 9.17) is 42.4 Å². The number of rotatable bonds is 11. The van der Waals surface area contributed by atoms with Crippen molar-refractivity contribution in [3.05, 3.63) is 51.4 Å². The fraction of sp³-hybridized carbons (Fsp3) is 0.467. The molecule has 0 bridgehead atoms. The number of aromatic nitrogens is 3. The summed E-state index contributed by atoms with van der Waals surface area (Å²) >= 11 is 13.5. The molecule has 2 saturated heterocycles. The van der Waals surface area contributed by atoms with Crippen LogP contribution in [0, 0.1) is 5.92 Å². The van der Waals surface area contributed by atoms with Crippen molar-refractivity contribution in [1.82, 2.24) is 24.8 Å². The highest BCUT2D eigenvalue weighted by Gasteiger charge is 2.25. The average molecular weight is 632 g/mol. The topological polar surface area (TPSA) is 120 Å². The molecule has 3 aromatic rings. The minimum atomic E-state index is -0.298. The van der Waals surface area contributed by atoms with E-state index >= 15 is 0 Å². The van der Waals surface area contributed by atoms with Crippen LogP contribution in [0.2, 0.25) is 10.0 Å². The van der Waals surface area contributed by atoms with Crippen LogP contribution in [0.15, 0.2) is 35.8 Å². The molecule has 1 amide bonds. The SMILES string of the molecule is C=CC(=O)NC1CCN(CCn2c(=O)c(-c3c(Cl)c(OC)cc(OC)c3Cl)cc3cnc(NCC4CCOC4)nc32)CC1. The number of methoxy groups -OCH3 is 2. The third kappa shape index (κ3) is 6.90. The van der Waals surface area contributed by atoms with Gasteiger partial charge in [0.1, 0.15) is 17.1 Å². The quantitative estimate of drug-likeness (QED) is 0.303. The van der Waals surface area contributed by atoms with E-state index in [9.17, 15) is 9.59 Å². The van der Waals surface area contributed by atoms with Gasteiger partial charge in [-0.25, -0.2) is 4.98 Å². The van der Waals surface area contributed by atoms with Gasteiger partial charge in [0.25, 0.3) is 5.56 Å². The van der Waals surface area contributed by atoms with Crippen molar-refractivity contribution >= 4 is 46.1 Å². The number of nitrogens with one attached hydrogen (secondary N) is 2. The summed E-state index contributed by atoms with van der Waals surface area (Å²) in [7, 11) is 2.98. The molecular weight excluding hydrogens is 595 g/mol. The van der Waals surface area contributed by atoms with Crippen LogP contribution in [0.3, 0.4) is 0 Å². The number of hydrogen-bond donors (Lipinski definition) is 2. The number of fused-ring (bicyclic) bond motifs is 1. The lowest BCUT2D eigenvalue weighted by atomic mass is 10.0. The first-order valence-corrected chi connectivity index (χ1v) is 15.1. The maximum atomic E-state index is 14.2. The molecule has 0 saturated carbocycles. The zero-order valence-corrected chi connectivity index (χ0v) is 25.8. The average Bonchev–Trinajstić information content (AvgIpc) is 3.55. The van der Waals surface area contributed by atoms with Crippen molar-refractivity contribution in [2.24, 2.45) is 5.92 Å². The molecule has 0 radical (unpaired) electrons. The van der Waals surface area contributed by atoms with Gasteiger partial charge < -0.3 is 29.7 Å². The molecule has 1 aromatic carbocycles. The number of carbonyl (C=O) groups is 1. The van der Waals surface area contributed by atoms with Crippen LogP contribution in [-0.2, 0) is 16.1 Å². The smallest absolute Gasteiger partial charge is 0.260 e. The Morgan fingerprint density at radius 2 is 1.86 bits per heavy atom. The molecule has 11 nitrogen and oxygen atoms in total. The van der Waals surface area contributed by atoms with Crippen molar-refractivity contribution in [3.63, 3.8) is 0 Å². The van der Waals surface area contributed by atoms with Crippen molar-refractivity contribution in [1.29, 1.82) is 0 Å². The molecule has 0 spiro atoms. The minimum absolute atomic E-state index is 0.104. The summed E-state index contributed by atoms with van der Waals surface area (Å²) in [6, 6.07) is 3.40. The summed E-state index contributed by atoms with van der Waals surface area (Å²) in [5.74, 6) is 1.34. The highest BCUT2D eigenvalue weighted by atomic mass is 35.5. The van der Waals surface area contributed by atoms with Gasteiger partial charge in [-0.05, 0) is 31.4 Å². The number of halogens is 2. The zero-order valence-electron chi connectivity index (χ0n) is 24.3. The number of likely N-dealkylation sites (tertiary alicyclic amines) is 1. The summed E-state index contributed by atoms with van der Waals surface area (Å²) in [4.78, 5) is 37.5. The van der Waals surface area contributed by atoms with Gasteiger partial charge >= 0.3 is 0 Å². The van der Waals surface area contributed by atoms with Gasteiger partial charge in [0.2, 0.25) is 11.9 Å². The Kier molecular flexibility index (Phi) is 10.1. The van der Waals surface area contributed by atoms with Gasteiger partial charge in [0, 0.05) is 74.5 Å². The minimum Gasteiger partial charge on any atom is -0.495 e. The molecule has 230 valence electrons. The molecular formula is C30H36Cl2N6O5. The molecule has 13 heteroatoms. The first kappa shape index (κ1) is 31.1. The second-order valence-corrected chi connectivity index (χ2v) is 11.5. The van der Waals surface area contributed by atoms with Gasteiger partial charge in [0.05, 0.1) is 36.4 Å². The number of ether oxygens (including phenoxy) is 3. The molecule has 2 aromatic heterocycles. The Balaban J connectivity index is 1.50. The van der Waals surface area contributed by atoms with Gasteiger partial charge in [-0.3, -0.25) is 14.2 Å². The molecule has 43 heavy (non-hydrogen) atoms. The third-order valence-corrected chi connectivity index (χ3v) is 8.75. The highest BCUT2D eigenvalue weighted by molar-refractivity contribution is 6.41. The van der Waals surface area contributed by atoms with E-state index in [0.717, 1.165) is 39.0 Å². The number of nitrogens with zero attached hydrogens (tertiary/aromatic N) is 4. The normalized spacial score (nSPS) is 17.6. The number of benzene rings is 1. The third-order valence-electron chi connectivity index (χ3n) is 8.00. The van der Waals surface area contributed by atoms with Crippen LogP contribution < -0.4 is 25.7 Å². The summed E-state index contributed by atoms with van der Waals surface area (Å²) in [5.41, 5.74) is 0.818. The van der Waals surface area contributed by atoms with Crippen LogP contribution >= 0.6 is 23.2 Å². The van der Waals surface area contributed by atoms with Crippen LogP contribution in [0.5, 0.6) is 11.5 Å². The predicted octanol–water partition coefficient (Wildman–Crippen LogP) is 4.00. The van der Waals surface area contributed by atoms with Crippen LogP contribution in [0.1, 0.15) is 19.3 Å². The van der Waals surface area contributed by atoms with Gasteiger partial charge in [-0.2, -0.15) is 4.98 Å². The molecule has 4 heterocycles. The molecule has 2 N–H and O–H groups in total. The fourth-order valence-electron chi connectivity index (χ4n) is 5.54. The highest BCUT2D eigenvalue weighted by Crippen LogP contribution is 2.45. The number of pyridine rings is 1. The summed E-state index contributed by atoms with van der Waals surface area (Å²) in [6.07, 6.45) is 5.59. The lowest BCUT2D eigenvalue weighted by molar-refractivity contribution is -0.117. The molecule has 1 atom stereocenters. The van der Waals surface area contributed by atoms with E-state index in [1.54, 1.807) is 22.9 Å². The van der Waals surface area contributed by atoms with E-state index in [2.05, 4.69) is 27.1 Å².